The van der Waals surface area contributed by atoms with Gasteiger partial charge in [0.25, 0.3) is 0 Å². The third-order valence-electron chi connectivity index (χ3n) is 2.26. The van der Waals surface area contributed by atoms with Crippen LogP contribution in [0.5, 0.6) is 0 Å². The minimum absolute atomic E-state index is 0.186. The van der Waals surface area contributed by atoms with E-state index in [1.807, 2.05) is 18.2 Å². The van der Waals surface area contributed by atoms with Crippen molar-refractivity contribution in [3.63, 3.8) is 0 Å². The van der Waals surface area contributed by atoms with Gasteiger partial charge in [0.15, 0.2) is 5.89 Å². The van der Waals surface area contributed by atoms with Gasteiger partial charge < -0.3 is 8.83 Å². The molecule has 0 saturated heterocycles. The predicted octanol–water partition coefficient (Wildman–Crippen LogP) is 2.24. The monoisotopic (exact) mass is 201 g/mol. The Morgan fingerprint density at radius 2 is 2.00 bits per heavy atom. The number of nitrogens with zero attached hydrogens (tertiary/aromatic N) is 1. The van der Waals surface area contributed by atoms with Crippen LogP contribution in [0.4, 0.5) is 0 Å². The second-order valence-corrected chi connectivity index (χ2v) is 3.30. The average Bonchev–Trinajstić information content (AvgIpc) is 2.61. The molecule has 0 spiro atoms. The van der Waals surface area contributed by atoms with E-state index >= 15 is 0 Å². The number of hydrogen-bond acceptors (Lipinski definition) is 4. The molecular weight excluding hydrogens is 194 g/mol. The van der Waals surface area contributed by atoms with Gasteiger partial charge in [-0.05, 0) is 12.1 Å². The molecule has 0 bridgehead atoms. The molecule has 3 rings (SSSR count). The summed E-state index contributed by atoms with van der Waals surface area (Å²) in [6.07, 6.45) is 0. The lowest BCUT2D eigenvalue weighted by atomic mass is 10.2. The zero-order chi connectivity index (χ0) is 10.4. The Labute approximate surface area is 84.1 Å². The third-order valence-corrected chi connectivity index (χ3v) is 2.26. The Balaban J connectivity index is 2.69. The van der Waals surface area contributed by atoms with E-state index in [1.165, 1.54) is 0 Å². The molecule has 1 aromatic carbocycles. The van der Waals surface area contributed by atoms with E-state index in [0.717, 1.165) is 5.39 Å². The highest BCUT2D eigenvalue weighted by atomic mass is 16.4. The molecule has 0 aliphatic rings. The van der Waals surface area contributed by atoms with E-state index in [4.69, 9.17) is 8.83 Å². The normalized spacial score (nSPS) is 11.3. The van der Waals surface area contributed by atoms with Crippen molar-refractivity contribution < 1.29 is 8.83 Å². The van der Waals surface area contributed by atoms with Crippen molar-refractivity contribution in [2.75, 3.05) is 0 Å². The molecule has 0 radical (unpaired) electrons. The Morgan fingerprint density at radius 3 is 2.87 bits per heavy atom. The van der Waals surface area contributed by atoms with Crippen molar-refractivity contribution in [3.05, 3.63) is 40.6 Å². The van der Waals surface area contributed by atoms with Crippen LogP contribution in [0.1, 0.15) is 5.89 Å². The quantitative estimate of drug-likeness (QED) is 0.523. The summed E-state index contributed by atoms with van der Waals surface area (Å²) in [5, 5.41) is 0.795. The Bertz CT molecular complexity index is 708. The van der Waals surface area contributed by atoms with Gasteiger partial charge in [-0.2, -0.15) is 0 Å². The number of oxazole rings is 1. The zero-order valence-corrected chi connectivity index (χ0v) is 7.98. The predicted molar refractivity (Wildman–Crippen MR) is 54.8 cm³/mol. The third kappa shape index (κ3) is 1.08. The molecule has 0 fully saturated rings. The minimum Gasteiger partial charge on any atom is -0.433 e. The van der Waals surface area contributed by atoms with E-state index < -0.39 is 5.63 Å². The first kappa shape index (κ1) is 8.23. The van der Waals surface area contributed by atoms with Crippen molar-refractivity contribution >= 4 is 22.1 Å². The van der Waals surface area contributed by atoms with Gasteiger partial charge in [-0.25, -0.2) is 9.78 Å². The standard InChI is InChI=1S/C11H7NO3/c1-6-12-9-7-4-2-3-5-8(7)15-11(13)10(9)14-6/h2-5H,1H3. The number of para-hydroxylation sites is 1. The van der Waals surface area contributed by atoms with Crippen LogP contribution in [0.2, 0.25) is 0 Å². The van der Waals surface area contributed by atoms with E-state index in [9.17, 15) is 4.79 Å². The lowest BCUT2D eigenvalue weighted by Gasteiger charge is -1.94. The Hall–Kier alpha value is -2.10. The van der Waals surface area contributed by atoms with E-state index in [1.54, 1.807) is 13.0 Å². The topological polar surface area (TPSA) is 56.2 Å². The fourth-order valence-electron chi connectivity index (χ4n) is 1.65. The lowest BCUT2D eigenvalue weighted by Crippen LogP contribution is -1.97. The summed E-state index contributed by atoms with van der Waals surface area (Å²) in [6, 6.07) is 7.26. The molecular formula is C11H7NO3. The summed E-state index contributed by atoms with van der Waals surface area (Å²) < 4.78 is 10.3. The number of fused-ring (bicyclic) bond motifs is 3. The second-order valence-electron chi connectivity index (χ2n) is 3.30. The molecule has 74 valence electrons. The van der Waals surface area contributed by atoms with Gasteiger partial charge >= 0.3 is 5.63 Å². The van der Waals surface area contributed by atoms with Crippen molar-refractivity contribution in [1.82, 2.24) is 4.98 Å². The molecule has 2 aromatic heterocycles. The summed E-state index contributed by atoms with van der Waals surface area (Å²) in [6.45, 7) is 1.70. The molecule has 0 saturated carbocycles. The second kappa shape index (κ2) is 2.70. The smallest absolute Gasteiger partial charge is 0.382 e. The molecule has 3 aromatic rings. The van der Waals surface area contributed by atoms with Crippen LogP contribution >= 0.6 is 0 Å². The molecule has 0 aliphatic heterocycles. The Morgan fingerprint density at radius 1 is 1.20 bits per heavy atom. The molecule has 0 atom stereocenters. The lowest BCUT2D eigenvalue weighted by molar-refractivity contribution is 0.514. The highest BCUT2D eigenvalue weighted by Gasteiger charge is 2.12. The SMILES string of the molecule is Cc1nc2c(o1)c(=O)oc1ccccc12. The van der Waals surface area contributed by atoms with E-state index in [0.29, 0.717) is 17.0 Å². The number of rotatable bonds is 0. The van der Waals surface area contributed by atoms with Crippen molar-refractivity contribution in [2.24, 2.45) is 0 Å². The number of aryl methyl sites for hydroxylation is 1. The maximum Gasteiger partial charge on any atom is 0.382 e. The van der Waals surface area contributed by atoms with Gasteiger partial charge in [-0.15, -0.1) is 0 Å². The van der Waals surface area contributed by atoms with Gasteiger partial charge in [0.1, 0.15) is 11.1 Å². The van der Waals surface area contributed by atoms with Crippen LogP contribution < -0.4 is 5.63 Å². The molecule has 4 nitrogen and oxygen atoms in total. The molecule has 2 heterocycles. The highest BCUT2D eigenvalue weighted by Crippen LogP contribution is 2.21. The maximum atomic E-state index is 11.5. The van der Waals surface area contributed by atoms with Crippen LogP contribution in [0.15, 0.2) is 37.9 Å². The average molecular weight is 201 g/mol. The first-order valence-electron chi connectivity index (χ1n) is 4.55. The van der Waals surface area contributed by atoms with Gasteiger partial charge in [0, 0.05) is 12.3 Å². The van der Waals surface area contributed by atoms with Crippen LogP contribution in [0.25, 0.3) is 22.1 Å². The van der Waals surface area contributed by atoms with Crippen LogP contribution in [-0.2, 0) is 0 Å². The summed E-state index contributed by atoms with van der Waals surface area (Å²) in [5.74, 6) is 0.466. The fourth-order valence-corrected chi connectivity index (χ4v) is 1.65. The molecule has 15 heavy (non-hydrogen) atoms. The molecule has 4 heteroatoms. The van der Waals surface area contributed by atoms with Crippen LogP contribution in [0.3, 0.4) is 0 Å². The fraction of sp³-hybridized carbons (Fsp3) is 0.0909. The largest absolute Gasteiger partial charge is 0.433 e. The summed E-state index contributed by atoms with van der Waals surface area (Å²) in [4.78, 5) is 15.7. The first-order valence-corrected chi connectivity index (χ1v) is 4.55. The number of aromatic nitrogens is 1. The minimum atomic E-state index is -0.482. The number of hydrogen-bond donors (Lipinski definition) is 0. The highest BCUT2D eigenvalue weighted by molar-refractivity contribution is 5.99. The maximum absolute atomic E-state index is 11.5. The van der Waals surface area contributed by atoms with Crippen LogP contribution in [0, 0.1) is 6.92 Å². The Kier molecular flexibility index (Phi) is 1.48. The number of benzene rings is 1. The van der Waals surface area contributed by atoms with Crippen molar-refractivity contribution in [2.45, 2.75) is 6.92 Å². The molecule has 0 unspecified atom stereocenters. The van der Waals surface area contributed by atoms with Gasteiger partial charge in [0.05, 0.1) is 0 Å². The summed E-state index contributed by atoms with van der Waals surface area (Å²) in [7, 11) is 0. The van der Waals surface area contributed by atoms with Gasteiger partial charge in [-0.1, -0.05) is 12.1 Å². The van der Waals surface area contributed by atoms with Crippen LogP contribution in [-0.4, -0.2) is 4.98 Å². The van der Waals surface area contributed by atoms with E-state index in [2.05, 4.69) is 4.98 Å². The van der Waals surface area contributed by atoms with Crippen molar-refractivity contribution in [1.29, 1.82) is 0 Å². The van der Waals surface area contributed by atoms with E-state index in [-0.39, 0.29) is 5.58 Å². The zero-order valence-electron chi connectivity index (χ0n) is 7.98. The van der Waals surface area contributed by atoms with Gasteiger partial charge in [-0.3, -0.25) is 0 Å². The van der Waals surface area contributed by atoms with Crippen molar-refractivity contribution in [3.8, 4) is 0 Å². The van der Waals surface area contributed by atoms with Gasteiger partial charge in [0.2, 0.25) is 5.58 Å². The molecule has 0 N–H and O–H groups in total. The first-order chi connectivity index (χ1) is 7.25. The summed E-state index contributed by atoms with van der Waals surface area (Å²) >= 11 is 0. The molecule has 0 aliphatic carbocycles. The summed E-state index contributed by atoms with van der Waals surface area (Å²) in [5.41, 5.74) is 0.804. The molecule has 0 amide bonds.